The van der Waals surface area contributed by atoms with Gasteiger partial charge in [0.2, 0.25) is 5.88 Å². The molecule has 4 aromatic carbocycles. The molecule has 0 bridgehead atoms. The Bertz CT molecular complexity index is 1620. The summed E-state index contributed by atoms with van der Waals surface area (Å²) >= 11 is 0. The highest BCUT2D eigenvalue weighted by Gasteiger charge is 2.31. The number of allylic oxidation sites excluding steroid dienone is 1. The Labute approximate surface area is 233 Å². The van der Waals surface area contributed by atoms with Gasteiger partial charge in [-0.25, -0.2) is 4.79 Å². The van der Waals surface area contributed by atoms with E-state index in [1.165, 1.54) is 0 Å². The van der Waals surface area contributed by atoms with Crippen molar-refractivity contribution in [1.29, 1.82) is 5.26 Å². The number of carbonyl (C=O) groups excluding carboxylic acids is 1. The summed E-state index contributed by atoms with van der Waals surface area (Å²) < 4.78 is 23.0. The predicted molar refractivity (Wildman–Crippen MR) is 150 cm³/mol. The lowest BCUT2D eigenvalue weighted by Crippen LogP contribution is -2.22. The summed E-state index contributed by atoms with van der Waals surface area (Å²) in [5.41, 5.74) is 11.1. The summed E-state index contributed by atoms with van der Waals surface area (Å²) in [7, 11) is 0. The predicted octanol–water partition coefficient (Wildman–Crippen LogP) is 6.09. The Morgan fingerprint density at radius 1 is 0.925 bits per heavy atom. The third-order valence-electron chi connectivity index (χ3n) is 6.76. The van der Waals surface area contributed by atoms with Crippen LogP contribution in [0.3, 0.4) is 0 Å². The fourth-order valence-corrected chi connectivity index (χ4v) is 4.55. The van der Waals surface area contributed by atoms with E-state index in [1.54, 1.807) is 18.2 Å². The van der Waals surface area contributed by atoms with Crippen LogP contribution in [0.2, 0.25) is 0 Å². The van der Waals surface area contributed by atoms with Crippen molar-refractivity contribution in [3.63, 3.8) is 0 Å². The minimum atomic E-state index is -0.558. The summed E-state index contributed by atoms with van der Waals surface area (Å²) in [4.78, 5) is 12.5. The van der Waals surface area contributed by atoms with Crippen LogP contribution in [-0.4, -0.2) is 12.6 Å². The molecule has 200 valence electrons. The Kier molecular flexibility index (Phi) is 7.70. The van der Waals surface area contributed by atoms with E-state index in [9.17, 15) is 10.1 Å². The molecule has 1 unspecified atom stereocenters. The Hall–Kier alpha value is -5.22. The molecule has 0 aromatic heterocycles. The summed E-state index contributed by atoms with van der Waals surface area (Å²) in [5, 5.41) is 9.92. The zero-order valence-corrected chi connectivity index (χ0v) is 22.2. The highest BCUT2D eigenvalue weighted by atomic mass is 16.6. The average Bonchev–Trinajstić information content (AvgIpc) is 2.96. The molecule has 5 rings (SSSR count). The molecule has 1 aliphatic rings. The molecule has 7 heteroatoms. The normalized spacial score (nSPS) is 14.0. The van der Waals surface area contributed by atoms with Crippen molar-refractivity contribution in [2.24, 2.45) is 5.73 Å². The zero-order chi connectivity index (χ0) is 28.1. The maximum absolute atomic E-state index is 12.5. The van der Waals surface area contributed by atoms with Crippen molar-refractivity contribution in [2.45, 2.75) is 26.4 Å². The van der Waals surface area contributed by atoms with Crippen LogP contribution in [0.15, 0.2) is 102 Å². The van der Waals surface area contributed by atoms with Crippen molar-refractivity contribution in [2.75, 3.05) is 6.61 Å². The number of hydrogen-bond acceptors (Lipinski definition) is 7. The van der Waals surface area contributed by atoms with Gasteiger partial charge in [-0.2, -0.15) is 5.26 Å². The lowest BCUT2D eigenvalue weighted by molar-refractivity contribution is -0.136. The first-order valence-corrected chi connectivity index (χ1v) is 12.8. The molecular weight excluding hydrogens is 504 g/mol. The number of nitrogens with zero attached hydrogens (tertiary/aromatic N) is 1. The first-order valence-electron chi connectivity index (χ1n) is 12.8. The molecule has 0 fully saturated rings. The van der Waals surface area contributed by atoms with Crippen molar-refractivity contribution >= 4 is 5.97 Å². The molecule has 1 aliphatic heterocycles. The van der Waals surface area contributed by atoms with E-state index in [-0.39, 0.29) is 18.2 Å². The second-order valence-electron chi connectivity index (χ2n) is 9.43. The van der Waals surface area contributed by atoms with Crippen molar-refractivity contribution in [1.82, 2.24) is 0 Å². The molecular formula is C33H28N2O5. The first-order chi connectivity index (χ1) is 19.4. The van der Waals surface area contributed by atoms with Gasteiger partial charge >= 0.3 is 5.97 Å². The monoisotopic (exact) mass is 532 g/mol. The largest absolute Gasteiger partial charge is 0.489 e. The minimum Gasteiger partial charge on any atom is -0.489 e. The number of fused-ring (bicyclic) bond motifs is 1. The van der Waals surface area contributed by atoms with Crippen LogP contribution in [0.5, 0.6) is 23.0 Å². The second kappa shape index (κ2) is 11.7. The fourth-order valence-electron chi connectivity index (χ4n) is 4.55. The Balaban J connectivity index is 1.34. The molecule has 0 spiro atoms. The van der Waals surface area contributed by atoms with E-state index >= 15 is 0 Å². The van der Waals surface area contributed by atoms with Gasteiger partial charge in [0.05, 0.1) is 5.92 Å². The van der Waals surface area contributed by atoms with Gasteiger partial charge in [-0.15, -0.1) is 0 Å². The van der Waals surface area contributed by atoms with Crippen LogP contribution in [0, 0.1) is 25.2 Å². The lowest BCUT2D eigenvalue weighted by Gasteiger charge is -2.27. The van der Waals surface area contributed by atoms with Gasteiger partial charge in [0.15, 0.2) is 6.61 Å². The molecule has 1 heterocycles. The van der Waals surface area contributed by atoms with Crippen molar-refractivity contribution in [3.05, 3.63) is 130 Å². The van der Waals surface area contributed by atoms with E-state index in [0.29, 0.717) is 29.4 Å². The van der Waals surface area contributed by atoms with E-state index in [0.717, 1.165) is 27.8 Å². The van der Waals surface area contributed by atoms with Gasteiger partial charge in [0.25, 0.3) is 0 Å². The number of hydrogen-bond donors (Lipinski definition) is 1. The fraction of sp³-hybridized carbons (Fsp3) is 0.152. The number of aryl methyl sites for hydroxylation is 1. The first kappa shape index (κ1) is 26.4. The Morgan fingerprint density at radius 3 is 2.52 bits per heavy atom. The standard InChI is InChI=1S/C33H28N2O5/c1-21-8-6-13-29(22(21)2)38-20-31(36)39-26-14-15-27-30(17-26)40-33(35)28(18-34)32(27)24-11-7-12-25(16-24)37-19-23-9-4-3-5-10-23/h3-17,32H,19-20,35H2,1-2H3. The average molecular weight is 533 g/mol. The maximum Gasteiger partial charge on any atom is 0.349 e. The second-order valence-corrected chi connectivity index (χ2v) is 9.43. The third kappa shape index (κ3) is 5.77. The Morgan fingerprint density at radius 2 is 1.73 bits per heavy atom. The third-order valence-corrected chi connectivity index (χ3v) is 6.76. The van der Waals surface area contributed by atoms with Crippen LogP contribution in [0.4, 0.5) is 0 Å². The molecule has 40 heavy (non-hydrogen) atoms. The van der Waals surface area contributed by atoms with Crippen LogP contribution < -0.4 is 24.7 Å². The van der Waals surface area contributed by atoms with E-state index in [4.69, 9.17) is 24.7 Å². The topological polar surface area (TPSA) is 104 Å². The van der Waals surface area contributed by atoms with Crippen molar-refractivity contribution < 1.29 is 23.7 Å². The molecule has 0 aliphatic carbocycles. The minimum absolute atomic E-state index is 0.00246. The molecule has 0 amide bonds. The van der Waals surface area contributed by atoms with Crippen LogP contribution in [0.25, 0.3) is 0 Å². The van der Waals surface area contributed by atoms with E-state index in [2.05, 4.69) is 6.07 Å². The molecule has 1 atom stereocenters. The van der Waals surface area contributed by atoms with Gasteiger partial charge in [-0.1, -0.05) is 60.7 Å². The highest BCUT2D eigenvalue weighted by molar-refractivity contribution is 5.74. The molecule has 4 aromatic rings. The number of carbonyl (C=O) groups is 1. The van der Waals surface area contributed by atoms with E-state index < -0.39 is 11.9 Å². The molecule has 0 saturated carbocycles. The van der Waals surface area contributed by atoms with Gasteiger partial charge in [-0.05, 0) is 60.4 Å². The summed E-state index contributed by atoms with van der Waals surface area (Å²) in [5.74, 6) is 0.935. The summed E-state index contributed by atoms with van der Waals surface area (Å²) in [6, 6.07) is 30.3. The summed E-state index contributed by atoms with van der Waals surface area (Å²) in [6.45, 7) is 4.08. The van der Waals surface area contributed by atoms with Crippen LogP contribution in [-0.2, 0) is 11.4 Å². The number of nitrogens with two attached hydrogens (primary N) is 1. The maximum atomic E-state index is 12.5. The number of nitriles is 1. The van der Waals surface area contributed by atoms with Gasteiger partial charge < -0.3 is 24.7 Å². The number of benzene rings is 4. The highest BCUT2D eigenvalue weighted by Crippen LogP contribution is 2.44. The summed E-state index contributed by atoms with van der Waals surface area (Å²) in [6.07, 6.45) is 0. The van der Waals surface area contributed by atoms with Crippen LogP contribution in [0.1, 0.15) is 33.7 Å². The number of esters is 1. The molecule has 7 nitrogen and oxygen atoms in total. The number of rotatable bonds is 8. The lowest BCUT2D eigenvalue weighted by atomic mass is 9.83. The smallest absolute Gasteiger partial charge is 0.349 e. The zero-order valence-electron chi connectivity index (χ0n) is 22.2. The SMILES string of the molecule is Cc1cccc(OCC(=O)Oc2ccc3c(c2)OC(N)=C(C#N)C3c2cccc(OCc3ccccc3)c2)c1C. The number of ether oxygens (including phenoxy) is 4. The molecule has 0 radical (unpaired) electrons. The quantitative estimate of drug-likeness (QED) is 0.216. The van der Waals surface area contributed by atoms with E-state index in [1.807, 2.05) is 86.6 Å². The van der Waals surface area contributed by atoms with Gasteiger partial charge in [-0.3, -0.25) is 0 Å². The van der Waals surface area contributed by atoms with Gasteiger partial charge in [0, 0.05) is 11.6 Å². The van der Waals surface area contributed by atoms with Crippen LogP contribution >= 0.6 is 0 Å². The molecule has 0 saturated heterocycles. The van der Waals surface area contributed by atoms with Gasteiger partial charge in [0.1, 0.15) is 41.2 Å². The van der Waals surface area contributed by atoms with Crippen molar-refractivity contribution in [3.8, 4) is 29.1 Å². The molecule has 2 N–H and O–H groups in total.